The van der Waals surface area contributed by atoms with Crippen LogP contribution in [0, 0.1) is 0 Å². The second-order valence-corrected chi connectivity index (χ2v) is 10.2. The lowest BCUT2D eigenvalue weighted by Crippen LogP contribution is -2.60. The molecule has 3 aromatic rings. The fourth-order valence-electron chi connectivity index (χ4n) is 4.34. The predicted octanol–water partition coefficient (Wildman–Crippen LogP) is 5.22. The lowest BCUT2D eigenvalue weighted by Gasteiger charge is -2.45. The van der Waals surface area contributed by atoms with Crippen LogP contribution in [-0.2, 0) is 38.8 Å². The van der Waals surface area contributed by atoms with E-state index in [1.807, 2.05) is 84.9 Å². The third-order valence-electron chi connectivity index (χ3n) is 6.27. The van der Waals surface area contributed by atoms with Gasteiger partial charge in [0.1, 0.15) is 35.6 Å². The Morgan fingerprint density at radius 2 is 1.22 bits per heavy atom. The molecule has 0 bridgehead atoms. The van der Waals surface area contributed by atoms with Gasteiger partial charge in [-0.15, -0.1) is 11.8 Å². The minimum atomic E-state index is -0.542. The molecule has 1 N–H and O–H groups in total. The summed E-state index contributed by atoms with van der Waals surface area (Å²) < 4.78 is 31.1. The lowest BCUT2D eigenvalue weighted by atomic mass is 9.99. The highest BCUT2D eigenvalue weighted by atomic mass is 32.2. The Balaban J connectivity index is 1.57. The summed E-state index contributed by atoms with van der Waals surface area (Å²) in [5, 5.41) is 10.3. The van der Waals surface area contributed by atoms with E-state index in [0.29, 0.717) is 19.8 Å². The Labute approximate surface area is 223 Å². The largest absolute Gasteiger partial charge is 0.497 e. The number of aliphatic hydroxyl groups excluding tert-OH is 1. The highest BCUT2D eigenvalue weighted by Crippen LogP contribution is 2.35. The van der Waals surface area contributed by atoms with Crippen molar-refractivity contribution in [2.45, 2.75) is 56.6 Å². The molecule has 0 aliphatic carbocycles. The predicted molar refractivity (Wildman–Crippen MR) is 145 cm³/mol. The Morgan fingerprint density at radius 1 is 0.703 bits per heavy atom. The quantitative estimate of drug-likeness (QED) is 0.329. The molecule has 0 spiro atoms. The van der Waals surface area contributed by atoms with E-state index in [9.17, 15) is 5.11 Å². The van der Waals surface area contributed by atoms with Crippen LogP contribution in [0.2, 0.25) is 0 Å². The second-order valence-electron chi connectivity index (χ2n) is 8.83. The first kappa shape index (κ1) is 27.6. The molecule has 1 aliphatic rings. The number of aliphatic hydroxyl groups is 1. The molecule has 0 saturated carbocycles. The summed E-state index contributed by atoms with van der Waals surface area (Å²) in [6, 6.07) is 27.9. The van der Waals surface area contributed by atoms with Crippen LogP contribution in [0.1, 0.15) is 23.6 Å². The van der Waals surface area contributed by atoms with E-state index in [-0.39, 0.29) is 12.0 Å². The molecule has 0 amide bonds. The first-order chi connectivity index (χ1) is 18.2. The van der Waals surface area contributed by atoms with Crippen molar-refractivity contribution in [1.29, 1.82) is 0 Å². The summed E-state index contributed by atoms with van der Waals surface area (Å²) in [4.78, 5) is 0. The summed E-state index contributed by atoms with van der Waals surface area (Å²) in [5.74, 6) is 1.63. The van der Waals surface area contributed by atoms with Gasteiger partial charge in [0.2, 0.25) is 0 Å². The van der Waals surface area contributed by atoms with Crippen molar-refractivity contribution in [3.05, 3.63) is 102 Å². The smallest absolute Gasteiger partial charge is 0.132 e. The Hall–Kier alpha value is -2.39. The molecule has 3 aromatic carbocycles. The van der Waals surface area contributed by atoms with Crippen LogP contribution in [0.15, 0.2) is 84.9 Å². The van der Waals surface area contributed by atoms with Crippen LogP contribution in [-0.4, -0.2) is 54.4 Å². The third kappa shape index (κ3) is 7.80. The maximum Gasteiger partial charge on any atom is 0.132 e. The molecule has 4 rings (SSSR count). The van der Waals surface area contributed by atoms with Gasteiger partial charge in [0.15, 0.2) is 0 Å². The van der Waals surface area contributed by atoms with Crippen molar-refractivity contribution in [1.82, 2.24) is 0 Å². The van der Waals surface area contributed by atoms with E-state index in [1.165, 1.54) is 0 Å². The molecular weight excluding hydrogens is 488 g/mol. The van der Waals surface area contributed by atoms with Crippen LogP contribution in [0.25, 0.3) is 0 Å². The molecule has 1 heterocycles. The van der Waals surface area contributed by atoms with Crippen LogP contribution < -0.4 is 4.74 Å². The van der Waals surface area contributed by atoms with E-state index in [2.05, 4.69) is 6.92 Å². The summed E-state index contributed by atoms with van der Waals surface area (Å²) in [7, 11) is 1.64. The molecule has 0 aromatic heterocycles. The van der Waals surface area contributed by atoms with Crippen molar-refractivity contribution >= 4 is 11.8 Å². The number of thioether (sulfide) groups is 1. The number of hydrogen-bond acceptors (Lipinski definition) is 7. The first-order valence-corrected chi connectivity index (χ1v) is 13.7. The summed E-state index contributed by atoms with van der Waals surface area (Å²) in [6.45, 7) is 3.08. The van der Waals surface area contributed by atoms with Crippen molar-refractivity contribution in [2.75, 3.05) is 19.5 Å². The average Bonchev–Trinajstić information content (AvgIpc) is 2.96. The van der Waals surface area contributed by atoms with Crippen molar-refractivity contribution in [3.63, 3.8) is 0 Å². The van der Waals surface area contributed by atoms with E-state index < -0.39 is 24.4 Å². The van der Waals surface area contributed by atoms with Crippen LogP contribution >= 0.6 is 11.8 Å². The minimum Gasteiger partial charge on any atom is -0.497 e. The minimum absolute atomic E-state index is 0.176. The maximum atomic E-state index is 10.3. The topological polar surface area (TPSA) is 66.4 Å². The molecule has 5 atom stereocenters. The summed E-state index contributed by atoms with van der Waals surface area (Å²) in [5.41, 5.74) is 2.83. The van der Waals surface area contributed by atoms with Gasteiger partial charge in [-0.25, -0.2) is 0 Å². The van der Waals surface area contributed by atoms with Crippen LogP contribution in [0.5, 0.6) is 5.75 Å². The molecular formula is C30H36O6S. The molecule has 198 valence electrons. The molecule has 6 nitrogen and oxygen atoms in total. The SMILES string of the molecule is CCS[C@H]1O[C@H](CO)[C@@H](OCc2ccc(OC)cc2)[C@H](OCc2ccccc2)[C@H]1OCc1ccccc1. The van der Waals surface area contributed by atoms with E-state index in [4.69, 9.17) is 23.7 Å². The van der Waals surface area contributed by atoms with Gasteiger partial charge in [-0.05, 0) is 34.6 Å². The van der Waals surface area contributed by atoms with Gasteiger partial charge < -0.3 is 28.8 Å². The summed E-state index contributed by atoms with van der Waals surface area (Å²) >= 11 is 1.65. The Bertz CT molecular complexity index is 1030. The fourth-order valence-corrected chi connectivity index (χ4v) is 5.31. The molecule has 1 fully saturated rings. The van der Waals surface area contributed by atoms with Crippen molar-refractivity contribution < 1.29 is 28.8 Å². The van der Waals surface area contributed by atoms with Crippen molar-refractivity contribution in [3.8, 4) is 5.75 Å². The average molecular weight is 525 g/mol. The highest BCUT2D eigenvalue weighted by Gasteiger charge is 2.48. The molecule has 7 heteroatoms. The first-order valence-electron chi connectivity index (χ1n) is 12.6. The zero-order valence-corrected chi connectivity index (χ0v) is 22.2. The number of benzene rings is 3. The van der Waals surface area contributed by atoms with Crippen molar-refractivity contribution in [2.24, 2.45) is 0 Å². The molecule has 1 aliphatic heterocycles. The zero-order chi connectivity index (χ0) is 25.9. The lowest BCUT2D eigenvalue weighted by molar-refractivity contribution is -0.251. The Morgan fingerprint density at radius 3 is 1.73 bits per heavy atom. The van der Waals surface area contributed by atoms with Crippen LogP contribution in [0.4, 0.5) is 0 Å². The van der Waals surface area contributed by atoms with Gasteiger partial charge >= 0.3 is 0 Å². The van der Waals surface area contributed by atoms with Gasteiger partial charge in [0.25, 0.3) is 0 Å². The van der Waals surface area contributed by atoms with E-state index in [0.717, 1.165) is 28.2 Å². The highest BCUT2D eigenvalue weighted by molar-refractivity contribution is 7.99. The zero-order valence-electron chi connectivity index (χ0n) is 21.4. The third-order valence-corrected chi connectivity index (χ3v) is 7.32. The molecule has 0 unspecified atom stereocenters. The maximum absolute atomic E-state index is 10.3. The number of hydrogen-bond donors (Lipinski definition) is 1. The second kappa shape index (κ2) is 14.5. The molecule has 1 saturated heterocycles. The standard InChI is InChI=1S/C30H36O6S/c1-3-37-30-29(35-20-23-12-8-5-9-13-23)28(34-19-22-10-6-4-7-11-22)27(26(18-31)36-30)33-21-24-14-16-25(32-2)17-15-24/h4-17,26-31H,3,18-21H2,1-2H3/t26-,27-,28+,29-,30-/m1/s1. The normalized spacial score (nSPS) is 23.6. The van der Waals surface area contributed by atoms with Gasteiger partial charge in [-0.1, -0.05) is 79.7 Å². The monoisotopic (exact) mass is 524 g/mol. The van der Waals surface area contributed by atoms with E-state index in [1.54, 1.807) is 18.9 Å². The van der Waals surface area contributed by atoms with Gasteiger partial charge in [-0.3, -0.25) is 0 Å². The number of rotatable bonds is 13. The van der Waals surface area contributed by atoms with Gasteiger partial charge in [-0.2, -0.15) is 0 Å². The molecule has 0 radical (unpaired) electrons. The Kier molecular flexibility index (Phi) is 10.8. The van der Waals surface area contributed by atoms with Gasteiger partial charge in [0.05, 0.1) is 33.5 Å². The number of ether oxygens (including phenoxy) is 5. The number of methoxy groups -OCH3 is 1. The fraction of sp³-hybridized carbons (Fsp3) is 0.400. The summed E-state index contributed by atoms with van der Waals surface area (Å²) in [6.07, 6.45) is -1.90. The van der Waals surface area contributed by atoms with Crippen LogP contribution in [0.3, 0.4) is 0 Å². The van der Waals surface area contributed by atoms with E-state index >= 15 is 0 Å². The molecule has 37 heavy (non-hydrogen) atoms. The van der Waals surface area contributed by atoms with Gasteiger partial charge in [0, 0.05) is 0 Å².